The van der Waals surface area contributed by atoms with E-state index in [1.165, 1.54) is 63.4 Å². The van der Waals surface area contributed by atoms with Crippen LogP contribution in [0.25, 0.3) is 22.3 Å². The monoisotopic (exact) mass is 492 g/mol. The molecule has 194 valence electrons. The Bertz CT molecular complexity index is 1020. The second kappa shape index (κ2) is 15.4. The van der Waals surface area contributed by atoms with Gasteiger partial charge in [0.25, 0.3) is 0 Å². The van der Waals surface area contributed by atoms with Gasteiger partial charge in [-0.3, -0.25) is 0 Å². The van der Waals surface area contributed by atoms with Gasteiger partial charge in [-0.15, -0.1) is 0 Å². The standard InChI is InChI=1S/C33H42F2O/c1-3-5-6-7-8-9-10-11-12-13-25-36-29-21-19-28(20-22-29)31-24-23-30(32(34)33(31)35)27-17-15-26(14-4-2)16-18-27/h15-24H,3-14,25H2,1-2H3. The Morgan fingerprint density at radius 2 is 1.00 bits per heavy atom. The molecule has 36 heavy (non-hydrogen) atoms. The number of ether oxygens (including phenoxy) is 1. The fourth-order valence-corrected chi connectivity index (χ4v) is 4.65. The van der Waals surface area contributed by atoms with Crippen molar-refractivity contribution >= 4 is 0 Å². The predicted octanol–water partition coefficient (Wildman–Crippen LogP) is 10.6. The predicted molar refractivity (Wildman–Crippen MR) is 149 cm³/mol. The van der Waals surface area contributed by atoms with Crippen molar-refractivity contribution in [2.45, 2.75) is 90.9 Å². The molecule has 0 aliphatic carbocycles. The van der Waals surface area contributed by atoms with Crippen molar-refractivity contribution < 1.29 is 13.5 Å². The van der Waals surface area contributed by atoms with Gasteiger partial charge in [0.05, 0.1) is 6.61 Å². The summed E-state index contributed by atoms with van der Waals surface area (Å²) in [5, 5.41) is 0. The summed E-state index contributed by atoms with van der Waals surface area (Å²) < 4.78 is 35.8. The molecule has 0 heterocycles. The van der Waals surface area contributed by atoms with Gasteiger partial charge in [0.1, 0.15) is 5.75 Å². The van der Waals surface area contributed by atoms with E-state index in [1.54, 1.807) is 24.3 Å². The Hall–Kier alpha value is -2.68. The molecule has 0 aromatic heterocycles. The van der Waals surface area contributed by atoms with Gasteiger partial charge >= 0.3 is 0 Å². The van der Waals surface area contributed by atoms with Gasteiger partial charge in [-0.05, 0) is 41.7 Å². The minimum atomic E-state index is -0.816. The van der Waals surface area contributed by atoms with E-state index in [4.69, 9.17) is 4.74 Å². The van der Waals surface area contributed by atoms with Crippen LogP contribution in [0.2, 0.25) is 0 Å². The summed E-state index contributed by atoms with van der Waals surface area (Å²) in [5.74, 6) is -0.861. The average Bonchev–Trinajstić information content (AvgIpc) is 2.90. The molecule has 0 fully saturated rings. The molecule has 3 heteroatoms. The lowest BCUT2D eigenvalue weighted by molar-refractivity contribution is 0.304. The maximum atomic E-state index is 15.0. The number of aryl methyl sites for hydroxylation is 1. The molecule has 0 atom stereocenters. The van der Waals surface area contributed by atoms with Gasteiger partial charge in [0, 0.05) is 11.1 Å². The molecule has 0 radical (unpaired) electrons. The largest absolute Gasteiger partial charge is 0.494 e. The van der Waals surface area contributed by atoms with E-state index in [0.717, 1.165) is 25.0 Å². The molecule has 0 saturated carbocycles. The number of benzene rings is 3. The van der Waals surface area contributed by atoms with Crippen molar-refractivity contribution in [3.8, 4) is 28.0 Å². The summed E-state index contributed by atoms with van der Waals surface area (Å²) in [5.41, 5.74) is 3.08. The molecular weight excluding hydrogens is 450 g/mol. The molecule has 0 saturated heterocycles. The highest BCUT2D eigenvalue weighted by atomic mass is 19.2. The molecule has 0 spiro atoms. The van der Waals surface area contributed by atoms with Crippen LogP contribution in [0, 0.1) is 11.6 Å². The SMILES string of the molecule is CCCCCCCCCCCCOc1ccc(-c2ccc(-c3ccc(CCC)cc3)c(F)c2F)cc1. The van der Waals surface area contributed by atoms with Gasteiger partial charge in [0.15, 0.2) is 11.6 Å². The first-order chi connectivity index (χ1) is 17.6. The third-order valence-corrected chi connectivity index (χ3v) is 6.82. The fraction of sp³-hybridized carbons (Fsp3) is 0.455. The summed E-state index contributed by atoms with van der Waals surface area (Å²) in [4.78, 5) is 0. The van der Waals surface area contributed by atoms with E-state index in [1.807, 2.05) is 36.4 Å². The van der Waals surface area contributed by atoms with Gasteiger partial charge in [-0.1, -0.05) is 127 Å². The van der Waals surface area contributed by atoms with Crippen molar-refractivity contribution in [1.29, 1.82) is 0 Å². The number of rotatable bonds is 16. The van der Waals surface area contributed by atoms with Gasteiger partial charge < -0.3 is 4.74 Å². The molecule has 0 N–H and O–H groups in total. The van der Waals surface area contributed by atoms with Crippen LogP contribution in [-0.4, -0.2) is 6.61 Å². The lowest BCUT2D eigenvalue weighted by Gasteiger charge is -2.11. The third-order valence-electron chi connectivity index (χ3n) is 6.82. The molecular formula is C33H42F2O. The lowest BCUT2D eigenvalue weighted by Crippen LogP contribution is -1.98. The highest BCUT2D eigenvalue weighted by Gasteiger charge is 2.16. The second-order valence-corrected chi connectivity index (χ2v) is 9.79. The zero-order valence-electron chi connectivity index (χ0n) is 22.1. The number of unbranched alkanes of at least 4 members (excludes halogenated alkanes) is 9. The molecule has 3 aromatic carbocycles. The maximum absolute atomic E-state index is 15.0. The van der Waals surface area contributed by atoms with E-state index in [9.17, 15) is 8.78 Å². The van der Waals surface area contributed by atoms with Crippen molar-refractivity contribution in [2.24, 2.45) is 0 Å². The minimum absolute atomic E-state index is 0.264. The average molecular weight is 493 g/mol. The molecule has 0 bridgehead atoms. The van der Waals surface area contributed by atoms with Crippen LogP contribution in [0.3, 0.4) is 0 Å². The smallest absolute Gasteiger partial charge is 0.167 e. The first kappa shape index (κ1) is 27.9. The minimum Gasteiger partial charge on any atom is -0.494 e. The summed E-state index contributed by atoms with van der Waals surface area (Å²) in [6.07, 6.45) is 15.0. The third kappa shape index (κ3) is 8.47. The quantitative estimate of drug-likeness (QED) is 0.181. The molecule has 1 nitrogen and oxygen atoms in total. The topological polar surface area (TPSA) is 9.23 Å². The van der Waals surface area contributed by atoms with Crippen LogP contribution in [0.5, 0.6) is 5.75 Å². The lowest BCUT2D eigenvalue weighted by atomic mass is 9.97. The Morgan fingerprint density at radius 3 is 1.50 bits per heavy atom. The van der Waals surface area contributed by atoms with Gasteiger partial charge in [0.2, 0.25) is 0 Å². The Labute approximate surface area is 216 Å². The normalized spacial score (nSPS) is 11.1. The zero-order valence-corrected chi connectivity index (χ0v) is 22.1. The molecule has 0 aliphatic heterocycles. The molecule has 0 unspecified atom stereocenters. The Balaban J connectivity index is 1.46. The van der Waals surface area contributed by atoms with Crippen LogP contribution >= 0.6 is 0 Å². The number of hydrogen-bond donors (Lipinski definition) is 0. The Morgan fingerprint density at radius 1 is 0.528 bits per heavy atom. The van der Waals surface area contributed by atoms with Crippen LogP contribution in [-0.2, 0) is 6.42 Å². The van der Waals surface area contributed by atoms with Gasteiger partial charge in [-0.2, -0.15) is 0 Å². The van der Waals surface area contributed by atoms with E-state index in [0.29, 0.717) is 17.7 Å². The first-order valence-corrected chi connectivity index (χ1v) is 13.9. The van der Waals surface area contributed by atoms with Crippen LogP contribution in [0.1, 0.15) is 90.0 Å². The summed E-state index contributed by atoms with van der Waals surface area (Å²) in [7, 11) is 0. The number of halogens is 2. The fourth-order valence-electron chi connectivity index (χ4n) is 4.65. The molecule has 0 aliphatic rings. The second-order valence-electron chi connectivity index (χ2n) is 9.79. The van der Waals surface area contributed by atoms with Gasteiger partial charge in [-0.25, -0.2) is 8.78 Å². The molecule has 0 amide bonds. The van der Waals surface area contributed by atoms with Crippen LogP contribution in [0.4, 0.5) is 8.78 Å². The van der Waals surface area contributed by atoms with Crippen LogP contribution < -0.4 is 4.74 Å². The van der Waals surface area contributed by atoms with Crippen molar-refractivity contribution in [1.82, 2.24) is 0 Å². The first-order valence-electron chi connectivity index (χ1n) is 13.9. The molecule has 3 rings (SSSR count). The maximum Gasteiger partial charge on any atom is 0.167 e. The van der Waals surface area contributed by atoms with Crippen molar-refractivity contribution in [3.63, 3.8) is 0 Å². The van der Waals surface area contributed by atoms with E-state index in [-0.39, 0.29) is 11.1 Å². The Kier molecular flexibility index (Phi) is 12.0. The molecule has 3 aromatic rings. The van der Waals surface area contributed by atoms with Crippen molar-refractivity contribution in [2.75, 3.05) is 6.61 Å². The zero-order chi connectivity index (χ0) is 25.6. The van der Waals surface area contributed by atoms with E-state index in [2.05, 4.69) is 13.8 Å². The summed E-state index contributed by atoms with van der Waals surface area (Å²) in [6, 6.07) is 18.3. The highest BCUT2D eigenvalue weighted by Crippen LogP contribution is 2.32. The van der Waals surface area contributed by atoms with E-state index >= 15 is 0 Å². The van der Waals surface area contributed by atoms with E-state index < -0.39 is 11.6 Å². The number of hydrogen-bond acceptors (Lipinski definition) is 1. The van der Waals surface area contributed by atoms with Crippen molar-refractivity contribution in [3.05, 3.63) is 77.9 Å². The summed E-state index contributed by atoms with van der Waals surface area (Å²) in [6.45, 7) is 5.06. The summed E-state index contributed by atoms with van der Waals surface area (Å²) >= 11 is 0. The highest BCUT2D eigenvalue weighted by molar-refractivity contribution is 5.72. The van der Waals surface area contributed by atoms with Crippen LogP contribution in [0.15, 0.2) is 60.7 Å².